The van der Waals surface area contributed by atoms with Crippen molar-refractivity contribution in [2.45, 2.75) is 45.2 Å². The Kier molecular flexibility index (Phi) is 4.54. The van der Waals surface area contributed by atoms with Crippen molar-refractivity contribution in [2.24, 2.45) is 0 Å². The molecule has 0 aromatic rings. The van der Waals surface area contributed by atoms with Gasteiger partial charge in [-0.15, -0.1) is 0 Å². The highest BCUT2D eigenvalue weighted by atomic mass is 16.4. The first-order valence-electron chi connectivity index (χ1n) is 5.47. The highest BCUT2D eigenvalue weighted by molar-refractivity contribution is 5.73. The molecule has 0 saturated carbocycles. The van der Waals surface area contributed by atoms with E-state index in [9.17, 15) is 4.79 Å². The molecular weight excluding hydrogens is 194 g/mol. The van der Waals surface area contributed by atoms with Gasteiger partial charge in [-0.1, -0.05) is 13.8 Å². The minimum atomic E-state index is -0.739. The molecule has 1 aliphatic rings. The van der Waals surface area contributed by atoms with E-state index in [1.54, 1.807) is 0 Å². The number of hydrogen-bond donors (Lipinski definition) is 2. The van der Waals surface area contributed by atoms with E-state index in [4.69, 9.17) is 10.2 Å². The van der Waals surface area contributed by atoms with Gasteiger partial charge in [-0.25, -0.2) is 0 Å². The lowest BCUT2D eigenvalue weighted by atomic mass is 9.98. The van der Waals surface area contributed by atoms with Crippen molar-refractivity contribution in [2.75, 3.05) is 13.2 Å². The van der Waals surface area contributed by atoms with Crippen LogP contribution in [0.25, 0.3) is 0 Å². The van der Waals surface area contributed by atoms with E-state index in [0.29, 0.717) is 6.42 Å². The average Bonchev–Trinajstić information content (AvgIpc) is 2.61. The van der Waals surface area contributed by atoms with Crippen molar-refractivity contribution >= 4 is 5.97 Å². The van der Waals surface area contributed by atoms with E-state index >= 15 is 0 Å². The average molecular weight is 214 g/mol. The third-order valence-corrected chi connectivity index (χ3v) is 3.05. The fourth-order valence-corrected chi connectivity index (χ4v) is 2.34. The van der Waals surface area contributed by atoms with E-state index in [2.05, 4.69) is 0 Å². The number of aliphatic carboxylic acids is 1. The fraction of sp³-hybridized carbons (Fsp3) is 0.818. The summed E-state index contributed by atoms with van der Waals surface area (Å²) in [5, 5.41) is 18.1. The van der Waals surface area contributed by atoms with Crippen LogP contribution in [0.4, 0.5) is 0 Å². The number of aliphatic hydroxyl groups excluding tert-OH is 1. The van der Waals surface area contributed by atoms with Crippen molar-refractivity contribution in [3.63, 3.8) is 0 Å². The maximum atomic E-state index is 11.0. The first-order chi connectivity index (χ1) is 7.07. The number of aliphatic hydroxyl groups is 1. The minimum Gasteiger partial charge on any atom is -0.480 e. The molecule has 87 valence electrons. The topological polar surface area (TPSA) is 60.8 Å². The van der Waals surface area contributed by atoms with Crippen LogP contribution in [-0.4, -0.2) is 46.3 Å². The molecule has 2 unspecified atom stereocenters. The summed E-state index contributed by atoms with van der Waals surface area (Å²) in [5.74, 6) is 0.439. The molecule has 0 spiro atoms. The Morgan fingerprint density at radius 3 is 2.67 bits per heavy atom. The van der Waals surface area contributed by atoms with E-state index < -0.39 is 5.97 Å². The van der Waals surface area contributed by atoms with Crippen molar-refractivity contribution < 1.29 is 15.0 Å². The predicted octanol–water partition coefficient (Wildman–Crippen LogP) is 0.901. The number of rotatable bonds is 5. The van der Waals surface area contributed by atoms with Gasteiger partial charge in [0, 0.05) is 12.6 Å². The van der Waals surface area contributed by atoms with Crippen molar-refractivity contribution in [1.82, 2.24) is 4.90 Å². The summed E-state index contributed by atoms with van der Waals surface area (Å²) >= 11 is 0. The lowest BCUT2D eigenvalue weighted by Gasteiger charge is -2.33. The molecule has 1 fully saturated rings. The third kappa shape index (κ3) is 2.92. The van der Waals surface area contributed by atoms with Gasteiger partial charge in [0.2, 0.25) is 0 Å². The Morgan fingerprint density at radius 1 is 1.53 bits per heavy atom. The number of carbonyl (C=O) groups is 1. The molecule has 0 bridgehead atoms. The molecule has 0 aliphatic carbocycles. The van der Waals surface area contributed by atoms with Crippen LogP contribution < -0.4 is 0 Å². The molecule has 1 heterocycles. The second kappa shape index (κ2) is 5.47. The summed E-state index contributed by atoms with van der Waals surface area (Å²) in [6.45, 7) is 4.93. The molecule has 1 radical (unpaired) electrons. The minimum absolute atomic E-state index is 0.110. The van der Waals surface area contributed by atoms with E-state index in [-0.39, 0.29) is 18.7 Å². The first kappa shape index (κ1) is 12.5. The second-order valence-corrected chi connectivity index (χ2v) is 4.34. The summed E-state index contributed by atoms with van der Waals surface area (Å²) in [6, 6.07) is -0.255. The zero-order valence-electron chi connectivity index (χ0n) is 9.44. The van der Waals surface area contributed by atoms with Crippen LogP contribution in [0.1, 0.15) is 33.1 Å². The third-order valence-electron chi connectivity index (χ3n) is 3.05. The van der Waals surface area contributed by atoms with Crippen LogP contribution in [0.15, 0.2) is 0 Å². The van der Waals surface area contributed by atoms with Gasteiger partial charge in [0.05, 0.1) is 0 Å². The molecule has 1 aliphatic heterocycles. The molecule has 0 amide bonds. The summed E-state index contributed by atoms with van der Waals surface area (Å²) in [6.07, 6.45) is 2.29. The lowest BCUT2D eigenvalue weighted by Crippen LogP contribution is -2.45. The van der Waals surface area contributed by atoms with Gasteiger partial charge in [-0.3, -0.25) is 9.69 Å². The SMILES string of the molecule is C[C](C)C(CCO)N1CCCC1C(=O)O. The largest absolute Gasteiger partial charge is 0.480 e. The Morgan fingerprint density at radius 2 is 2.20 bits per heavy atom. The fourth-order valence-electron chi connectivity index (χ4n) is 2.34. The van der Waals surface area contributed by atoms with Crippen LogP contribution in [0.3, 0.4) is 0 Å². The molecule has 1 saturated heterocycles. The second-order valence-electron chi connectivity index (χ2n) is 4.34. The number of hydrogen-bond acceptors (Lipinski definition) is 3. The van der Waals surface area contributed by atoms with Gasteiger partial charge in [-0.2, -0.15) is 0 Å². The summed E-state index contributed by atoms with van der Waals surface area (Å²) in [7, 11) is 0. The van der Waals surface area contributed by atoms with Crippen LogP contribution in [0.2, 0.25) is 0 Å². The first-order valence-corrected chi connectivity index (χ1v) is 5.47. The maximum absolute atomic E-state index is 11.0. The lowest BCUT2D eigenvalue weighted by molar-refractivity contribution is -0.142. The molecule has 4 heteroatoms. The van der Waals surface area contributed by atoms with Crippen LogP contribution in [-0.2, 0) is 4.79 Å². The Hall–Kier alpha value is -0.610. The number of likely N-dealkylation sites (tertiary alicyclic amines) is 1. The maximum Gasteiger partial charge on any atom is 0.320 e. The highest BCUT2D eigenvalue weighted by Crippen LogP contribution is 2.26. The summed E-state index contributed by atoms with van der Waals surface area (Å²) in [5.41, 5.74) is 0. The molecule has 2 atom stereocenters. The van der Waals surface area contributed by atoms with Gasteiger partial charge in [0.15, 0.2) is 0 Å². The molecule has 4 nitrogen and oxygen atoms in total. The molecule has 15 heavy (non-hydrogen) atoms. The smallest absolute Gasteiger partial charge is 0.320 e. The van der Waals surface area contributed by atoms with Gasteiger partial charge in [-0.05, 0) is 31.7 Å². The van der Waals surface area contributed by atoms with E-state index in [0.717, 1.165) is 19.4 Å². The Labute approximate surface area is 90.9 Å². The van der Waals surface area contributed by atoms with Gasteiger partial charge in [0.1, 0.15) is 6.04 Å². The quantitative estimate of drug-likeness (QED) is 0.714. The van der Waals surface area contributed by atoms with E-state index in [1.807, 2.05) is 18.7 Å². The number of carboxylic acids is 1. The van der Waals surface area contributed by atoms with Gasteiger partial charge in [0.25, 0.3) is 0 Å². The normalized spacial score (nSPS) is 24.7. The zero-order valence-corrected chi connectivity index (χ0v) is 9.44. The summed E-state index contributed by atoms with van der Waals surface area (Å²) < 4.78 is 0. The predicted molar refractivity (Wildman–Crippen MR) is 57.4 cm³/mol. The van der Waals surface area contributed by atoms with E-state index in [1.165, 1.54) is 5.92 Å². The standard InChI is InChI=1S/C11H20NO3/c1-8(2)9(5-7-13)12-6-3-4-10(12)11(14)15/h9-10,13H,3-7H2,1-2H3,(H,14,15). The Bertz CT molecular complexity index is 218. The highest BCUT2D eigenvalue weighted by Gasteiger charge is 2.36. The van der Waals surface area contributed by atoms with Crippen molar-refractivity contribution in [1.29, 1.82) is 0 Å². The molecule has 0 aromatic carbocycles. The number of nitrogens with zero attached hydrogens (tertiary/aromatic N) is 1. The zero-order chi connectivity index (χ0) is 11.4. The number of carboxylic acid groups (broad SMARTS) is 1. The van der Waals surface area contributed by atoms with Gasteiger partial charge >= 0.3 is 5.97 Å². The van der Waals surface area contributed by atoms with Crippen LogP contribution >= 0.6 is 0 Å². The molecule has 2 N–H and O–H groups in total. The van der Waals surface area contributed by atoms with Gasteiger partial charge < -0.3 is 10.2 Å². The van der Waals surface area contributed by atoms with Crippen LogP contribution in [0.5, 0.6) is 0 Å². The monoisotopic (exact) mass is 214 g/mol. The molecular formula is C11H20NO3. The van der Waals surface area contributed by atoms with Crippen LogP contribution in [0, 0.1) is 5.92 Å². The summed E-state index contributed by atoms with van der Waals surface area (Å²) in [4.78, 5) is 13.0. The molecule has 1 rings (SSSR count). The van der Waals surface area contributed by atoms with Crippen molar-refractivity contribution in [3.8, 4) is 0 Å². The Balaban J connectivity index is 2.69. The molecule has 0 aromatic heterocycles. The van der Waals surface area contributed by atoms with Crippen molar-refractivity contribution in [3.05, 3.63) is 5.92 Å².